The SMILES string of the molecule is CCNCCNC(=O)C1C(C)=CNC1(C)C=C1CNc2ccccc21. The van der Waals surface area contributed by atoms with E-state index in [1.165, 1.54) is 11.1 Å². The van der Waals surface area contributed by atoms with Crippen molar-refractivity contribution in [3.63, 3.8) is 0 Å². The van der Waals surface area contributed by atoms with E-state index in [4.69, 9.17) is 0 Å². The third-order valence-corrected chi connectivity index (χ3v) is 5.00. The molecule has 25 heavy (non-hydrogen) atoms. The molecule has 2 unspecified atom stereocenters. The number of rotatable bonds is 6. The lowest BCUT2D eigenvalue weighted by atomic mass is 9.81. The second-order valence-electron chi connectivity index (χ2n) is 6.96. The molecule has 0 aliphatic carbocycles. The Morgan fingerprint density at radius 2 is 2.16 bits per heavy atom. The summed E-state index contributed by atoms with van der Waals surface area (Å²) in [6.07, 6.45) is 4.19. The van der Waals surface area contributed by atoms with Crippen molar-refractivity contribution in [1.29, 1.82) is 0 Å². The highest BCUT2D eigenvalue weighted by Crippen LogP contribution is 2.37. The number of benzene rings is 1. The Bertz CT molecular complexity index is 709. The van der Waals surface area contributed by atoms with Crippen LogP contribution in [-0.2, 0) is 4.79 Å². The molecule has 3 rings (SSSR count). The zero-order chi connectivity index (χ0) is 17.9. The number of carbonyl (C=O) groups excluding carboxylic acids is 1. The van der Waals surface area contributed by atoms with E-state index in [-0.39, 0.29) is 11.8 Å². The first kappa shape index (κ1) is 17.5. The molecule has 4 N–H and O–H groups in total. The molecule has 0 fully saturated rings. The van der Waals surface area contributed by atoms with Gasteiger partial charge in [0.2, 0.25) is 5.91 Å². The number of hydrogen-bond donors (Lipinski definition) is 4. The van der Waals surface area contributed by atoms with Crippen molar-refractivity contribution in [2.45, 2.75) is 26.3 Å². The van der Waals surface area contributed by atoms with Gasteiger partial charge in [0.05, 0.1) is 11.5 Å². The van der Waals surface area contributed by atoms with Crippen molar-refractivity contribution >= 4 is 17.2 Å². The topological polar surface area (TPSA) is 65.2 Å². The second-order valence-corrected chi connectivity index (χ2v) is 6.96. The minimum Gasteiger partial charge on any atom is -0.381 e. The van der Waals surface area contributed by atoms with E-state index in [1.54, 1.807) is 0 Å². The second kappa shape index (κ2) is 7.31. The van der Waals surface area contributed by atoms with E-state index in [0.29, 0.717) is 6.54 Å². The van der Waals surface area contributed by atoms with Crippen LogP contribution in [0.4, 0.5) is 5.69 Å². The summed E-state index contributed by atoms with van der Waals surface area (Å²) in [5.41, 5.74) is 4.27. The number of anilines is 1. The van der Waals surface area contributed by atoms with Crippen molar-refractivity contribution in [1.82, 2.24) is 16.0 Å². The largest absolute Gasteiger partial charge is 0.381 e. The lowest BCUT2D eigenvalue weighted by Crippen LogP contribution is -2.48. The van der Waals surface area contributed by atoms with Crippen molar-refractivity contribution in [2.75, 3.05) is 31.5 Å². The molecule has 134 valence electrons. The van der Waals surface area contributed by atoms with E-state index in [0.717, 1.165) is 30.9 Å². The van der Waals surface area contributed by atoms with Crippen LogP contribution in [-0.4, -0.2) is 37.6 Å². The number of hydrogen-bond acceptors (Lipinski definition) is 4. The lowest BCUT2D eigenvalue weighted by molar-refractivity contribution is -0.124. The van der Waals surface area contributed by atoms with E-state index >= 15 is 0 Å². The van der Waals surface area contributed by atoms with Gasteiger partial charge in [0, 0.05) is 30.9 Å². The maximum Gasteiger partial charge on any atom is 0.230 e. The zero-order valence-electron chi connectivity index (χ0n) is 15.3. The molecule has 1 aromatic carbocycles. The standard InChI is InChI=1S/C20H28N4O/c1-4-21-9-10-22-19(25)18-14(2)12-24-20(18,3)11-15-13-23-17-8-6-5-7-16(15)17/h5-8,11-12,18,21,23-24H,4,9-10,13H2,1-3H3,(H,22,25). The van der Waals surface area contributed by atoms with Gasteiger partial charge in [-0.05, 0) is 43.8 Å². The summed E-state index contributed by atoms with van der Waals surface area (Å²) in [6.45, 7) is 9.33. The quantitative estimate of drug-likeness (QED) is 0.599. The van der Waals surface area contributed by atoms with Crippen LogP contribution in [0.1, 0.15) is 26.3 Å². The Labute approximate surface area is 150 Å². The molecule has 1 amide bonds. The summed E-state index contributed by atoms with van der Waals surface area (Å²) >= 11 is 0. The van der Waals surface area contributed by atoms with E-state index in [2.05, 4.69) is 59.4 Å². The van der Waals surface area contributed by atoms with Gasteiger partial charge >= 0.3 is 0 Å². The van der Waals surface area contributed by atoms with Gasteiger partial charge in [0.1, 0.15) is 0 Å². The molecule has 2 aliphatic rings. The smallest absolute Gasteiger partial charge is 0.230 e. The molecule has 5 heteroatoms. The van der Waals surface area contributed by atoms with Crippen molar-refractivity contribution in [3.8, 4) is 0 Å². The Hall–Kier alpha value is -2.27. The predicted molar refractivity (Wildman–Crippen MR) is 103 cm³/mol. The average molecular weight is 340 g/mol. The summed E-state index contributed by atoms with van der Waals surface area (Å²) in [7, 11) is 0. The summed E-state index contributed by atoms with van der Waals surface area (Å²) in [5, 5.41) is 13.1. The van der Waals surface area contributed by atoms with Gasteiger partial charge in [0.15, 0.2) is 0 Å². The number of amides is 1. The molecule has 0 saturated carbocycles. The van der Waals surface area contributed by atoms with Gasteiger partial charge in [-0.25, -0.2) is 0 Å². The first-order valence-electron chi connectivity index (χ1n) is 9.03. The van der Waals surface area contributed by atoms with Crippen LogP contribution in [0.5, 0.6) is 0 Å². The molecule has 0 saturated heterocycles. The summed E-state index contributed by atoms with van der Waals surface area (Å²) in [5.74, 6) is -0.121. The maximum absolute atomic E-state index is 12.8. The first-order chi connectivity index (χ1) is 12.0. The Kier molecular flexibility index (Phi) is 5.13. The highest BCUT2D eigenvalue weighted by Gasteiger charge is 2.42. The van der Waals surface area contributed by atoms with Gasteiger partial charge in [-0.1, -0.05) is 31.2 Å². The highest BCUT2D eigenvalue weighted by atomic mass is 16.2. The third-order valence-electron chi connectivity index (χ3n) is 5.00. The van der Waals surface area contributed by atoms with E-state index in [1.807, 2.05) is 19.2 Å². The molecule has 0 radical (unpaired) electrons. The number of fused-ring (bicyclic) bond motifs is 1. The molecular weight excluding hydrogens is 312 g/mol. The van der Waals surface area contributed by atoms with Crippen molar-refractivity contribution < 1.29 is 4.79 Å². The minimum atomic E-state index is -0.416. The molecule has 1 aromatic rings. The summed E-state index contributed by atoms with van der Waals surface area (Å²) in [6, 6.07) is 8.31. The van der Waals surface area contributed by atoms with Crippen LogP contribution in [0.2, 0.25) is 0 Å². The van der Waals surface area contributed by atoms with Crippen molar-refractivity contribution in [2.24, 2.45) is 5.92 Å². The Morgan fingerprint density at radius 1 is 1.36 bits per heavy atom. The number of carbonyl (C=O) groups is 1. The van der Waals surface area contributed by atoms with E-state index < -0.39 is 5.54 Å². The first-order valence-corrected chi connectivity index (χ1v) is 9.03. The molecule has 0 spiro atoms. The third kappa shape index (κ3) is 3.56. The molecule has 2 atom stereocenters. The molecule has 5 nitrogen and oxygen atoms in total. The van der Waals surface area contributed by atoms with Crippen LogP contribution < -0.4 is 21.3 Å². The fourth-order valence-corrected chi connectivity index (χ4v) is 3.76. The summed E-state index contributed by atoms with van der Waals surface area (Å²) in [4.78, 5) is 12.8. The maximum atomic E-state index is 12.8. The van der Waals surface area contributed by atoms with Crippen LogP contribution in [0.25, 0.3) is 5.57 Å². The van der Waals surface area contributed by atoms with Crippen LogP contribution in [0.3, 0.4) is 0 Å². The van der Waals surface area contributed by atoms with Gasteiger partial charge in [-0.3, -0.25) is 4.79 Å². The molecule has 2 heterocycles. The number of likely N-dealkylation sites (N-methyl/N-ethyl adjacent to an activating group) is 1. The fourth-order valence-electron chi connectivity index (χ4n) is 3.76. The average Bonchev–Trinajstić information content (AvgIpc) is 3.13. The van der Waals surface area contributed by atoms with Gasteiger partial charge in [-0.2, -0.15) is 0 Å². The number of para-hydroxylation sites is 1. The van der Waals surface area contributed by atoms with Gasteiger partial charge in [-0.15, -0.1) is 0 Å². The van der Waals surface area contributed by atoms with Crippen LogP contribution >= 0.6 is 0 Å². The predicted octanol–water partition coefficient (Wildman–Crippen LogP) is 2.10. The van der Waals surface area contributed by atoms with Crippen LogP contribution in [0, 0.1) is 5.92 Å². The molecule has 0 bridgehead atoms. The normalized spacial score (nSPS) is 26.0. The molecule has 2 aliphatic heterocycles. The number of nitrogens with one attached hydrogen (secondary N) is 4. The van der Waals surface area contributed by atoms with E-state index in [9.17, 15) is 4.79 Å². The monoisotopic (exact) mass is 340 g/mol. The minimum absolute atomic E-state index is 0.0789. The highest BCUT2D eigenvalue weighted by molar-refractivity contribution is 5.88. The van der Waals surface area contributed by atoms with Crippen LogP contribution in [0.15, 0.2) is 42.1 Å². The Morgan fingerprint density at radius 3 is 2.96 bits per heavy atom. The molecular formula is C20H28N4O. The molecule has 0 aromatic heterocycles. The van der Waals surface area contributed by atoms with Crippen molar-refractivity contribution in [3.05, 3.63) is 47.7 Å². The Balaban J connectivity index is 1.78. The fraction of sp³-hybridized carbons (Fsp3) is 0.450. The zero-order valence-corrected chi connectivity index (χ0v) is 15.3. The van der Waals surface area contributed by atoms with Gasteiger partial charge < -0.3 is 21.3 Å². The van der Waals surface area contributed by atoms with Gasteiger partial charge in [0.25, 0.3) is 0 Å². The lowest BCUT2D eigenvalue weighted by Gasteiger charge is -2.30. The summed E-state index contributed by atoms with van der Waals surface area (Å²) < 4.78 is 0.